The molecular weight excluding hydrogens is 318 g/mol. The molecule has 0 fully saturated rings. The predicted molar refractivity (Wildman–Crippen MR) is 93.7 cm³/mol. The largest absolute Gasteiger partial charge is 0.333 e. The summed E-state index contributed by atoms with van der Waals surface area (Å²) >= 11 is 2.96. The minimum absolute atomic E-state index is 0.172. The van der Waals surface area contributed by atoms with E-state index in [9.17, 15) is 9.59 Å². The number of aliphatic imine (C=N–C) groups is 1. The smallest absolute Gasteiger partial charge is 0.321 e. The molecule has 1 aliphatic heterocycles. The van der Waals surface area contributed by atoms with Crippen LogP contribution in [0.15, 0.2) is 29.3 Å². The molecule has 2 rings (SSSR count). The second-order valence-electron chi connectivity index (χ2n) is 5.84. The highest BCUT2D eigenvalue weighted by Crippen LogP contribution is 2.34. The molecule has 1 aliphatic rings. The van der Waals surface area contributed by atoms with Gasteiger partial charge >= 0.3 is 6.03 Å². The van der Waals surface area contributed by atoms with Crippen LogP contribution in [0.25, 0.3) is 0 Å². The number of amides is 3. The van der Waals surface area contributed by atoms with Gasteiger partial charge in [-0.05, 0) is 32.4 Å². The lowest BCUT2D eigenvalue weighted by Crippen LogP contribution is -2.48. The average molecular weight is 337 g/mol. The van der Waals surface area contributed by atoms with E-state index in [0.29, 0.717) is 0 Å². The molecule has 22 heavy (non-hydrogen) atoms. The van der Waals surface area contributed by atoms with Crippen LogP contribution in [0.1, 0.15) is 26.3 Å². The molecule has 1 heterocycles. The molecule has 1 aromatic rings. The second kappa shape index (κ2) is 7.19. The van der Waals surface area contributed by atoms with Crippen molar-refractivity contribution in [3.8, 4) is 0 Å². The molecule has 0 radical (unpaired) electrons. The van der Waals surface area contributed by atoms with Gasteiger partial charge in [0.2, 0.25) is 5.91 Å². The number of benzene rings is 1. The fraction of sp³-hybridized carbons (Fsp3) is 0.400. The van der Waals surface area contributed by atoms with Gasteiger partial charge in [-0.15, -0.1) is 0 Å². The van der Waals surface area contributed by atoms with Crippen LogP contribution in [0.5, 0.6) is 0 Å². The van der Waals surface area contributed by atoms with Crippen molar-refractivity contribution in [3.63, 3.8) is 0 Å². The molecule has 2 N–H and O–H groups in total. The number of carbonyl (C=O) groups is 2. The first-order valence-electron chi connectivity index (χ1n) is 6.88. The van der Waals surface area contributed by atoms with E-state index in [0.717, 1.165) is 15.8 Å². The number of fused-ring (bicyclic) bond motifs is 1. The van der Waals surface area contributed by atoms with Gasteiger partial charge in [-0.3, -0.25) is 10.1 Å². The summed E-state index contributed by atoms with van der Waals surface area (Å²) in [6, 6.07) is 7.49. The van der Waals surface area contributed by atoms with Gasteiger partial charge in [0, 0.05) is 11.3 Å². The minimum Gasteiger partial charge on any atom is -0.333 e. The molecule has 0 saturated carbocycles. The standard InChI is InChI=1S/C15H19N3O2S2/c1-15(2,3)18-13(20)17-12(19)9-22-14-16-11-7-5-4-6-10(11)8-21-14/h4-7H,8-9H2,1-3H3,(H2,17,18,19,20). The summed E-state index contributed by atoms with van der Waals surface area (Å²) in [6.07, 6.45) is 0. The van der Waals surface area contributed by atoms with Gasteiger partial charge in [0.15, 0.2) is 0 Å². The zero-order valence-electron chi connectivity index (χ0n) is 12.8. The molecular formula is C15H19N3O2S2. The highest BCUT2D eigenvalue weighted by Gasteiger charge is 2.17. The molecule has 0 unspecified atom stereocenters. The van der Waals surface area contributed by atoms with Gasteiger partial charge < -0.3 is 5.32 Å². The molecule has 0 bridgehead atoms. The number of rotatable bonds is 2. The topological polar surface area (TPSA) is 70.6 Å². The summed E-state index contributed by atoms with van der Waals surface area (Å²) in [5.41, 5.74) is 1.78. The number of urea groups is 1. The van der Waals surface area contributed by atoms with Gasteiger partial charge in [0.25, 0.3) is 0 Å². The van der Waals surface area contributed by atoms with Crippen LogP contribution in [0, 0.1) is 0 Å². The van der Waals surface area contributed by atoms with Gasteiger partial charge in [0.1, 0.15) is 4.38 Å². The van der Waals surface area contributed by atoms with E-state index in [1.54, 1.807) is 11.8 Å². The third-order valence-electron chi connectivity index (χ3n) is 2.62. The maximum absolute atomic E-state index is 11.8. The first kappa shape index (κ1) is 16.9. The Labute approximate surface area is 138 Å². The first-order chi connectivity index (χ1) is 10.3. The Kier molecular flexibility index (Phi) is 5.52. The third kappa shape index (κ3) is 5.38. The lowest BCUT2D eigenvalue weighted by atomic mass is 10.1. The molecule has 7 heteroatoms. The number of carbonyl (C=O) groups excluding carboxylic acids is 2. The van der Waals surface area contributed by atoms with Crippen LogP contribution < -0.4 is 10.6 Å². The third-order valence-corrected chi connectivity index (χ3v) is 4.87. The van der Waals surface area contributed by atoms with E-state index in [-0.39, 0.29) is 17.2 Å². The summed E-state index contributed by atoms with van der Waals surface area (Å²) < 4.78 is 0.852. The highest BCUT2D eigenvalue weighted by atomic mass is 32.2. The number of nitrogens with one attached hydrogen (secondary N) is 2. The van der Waals surface area contributed by atoms with Crippen molar-refractivity contribution in [3.05, 3.63) is 29.8 Å². The Hall–Kier alpha value is -1.47. The van der Waals surface area contributed by atoms with Crippen molar-refractivity contribution >= 4 is 45.5 Å². The van der Waals surface area contributed by atoms with Crippen molar-refractivity contribution in [2.45, 2.75) is 32.1 Å². The van der Waals surface area contributed by atoms with Crippen molar-refractivity contribution in [1.82, 2.24) is 10.6 Å². The lowest BCUT2D eigenvalue weighted by molar-refractivity contribution is -0.117. The number of hydrogen-bond donors (Lipinski definition) is 2. The molecule has 0 spiro atoms. The lowest BCUT2D eigenvalue weighted by Gasteiger charge is -2.20. The maximum Gasteiger partial charge on any atom is 0.321 e. The number of hydrogen-bond acceptors (Lipinski definition) is 5. The minimum atomic E-state index is -0.471. The molecule has 3 amide bonds. The first-order valence-corrected chi connectivity index (χ1v) is 8.85. The van der Waals surface area contributed by atoms with E-state index in [4.69, 9.17) is 0 Å². The Morgan fingerprint density at radius 2 is 2.05 bits per heavy atom. The Bertz CT molecular complexity index is 609. The number of para-hydroxylation sites is 1. The van der Waals surface area contributed by atoms with Gasteiger partial charge in [0.05, 0.1) is 11.4 Å². The van der Waals surface area contributed by atoms with Crippen molar-refractivity contribution < 1.29 is 9.59 Å². The van der Waals surface area contributed by atoms with Crippen LogP contribution >= 0.6 is 23.5 Å². The van der Waals surface area contributed by atoms with E-state index in [2.05, 4.69) is 21.7 Å². The molecule has 5 nitrogen and oxygen atoms in total. The molecule has 0 atom stereocenters. The second-order valence-corrected chi connectivity index (χ2v) is 8.02. The van der Waals surface area contributed by atoms with E-state index >= 15 is 0 Å². The maximum atomic E-state index is 11.8. The van der Waals surface area contributed by atoms with Crippen LogP contribution in [0.3, 0.4) is 0 Å². The predicted octanol–water partition coefficient (Wildman–Crippen LogP) is 3.28. The number of thioether (sulfide) groups is 2. The van der Waals surface area contributed by atoms with Crippen LogP contribution in [0.4, 0.5) is 10.5 Å². The Morgan fingerprint density at radius 3 is 2.77 bits per heavy atom. The zero-order valence-corrected chi connectivity index (χ0v) is 14.4. The molecule has 0 saturated heterocycles. The van der Waals surface area contributed by atoms with Gasteiger partial charge in [-0.1, -0.05) is 41.7 Å². The van der Waals surface area contributed by atoms with Gasteiger partial charge in [-0.25, -0.2) is 9.79 Å². The summed E-state index contributed by atoms with van der Waals surface area (Å²) in [5, 5.41) is 5.01. The zero-order chi connectivity index (χ0) is 16.2. The molecule has 1 aromatic carbocycles. The Balaban J connectivity index is 1.83. The molecule has 0 aliphatic carbocycles. The fourth-order valence-corrected chi connectivity index (χ4v) is 3.61. The quantitative estimate of drug-likeness (QED) is 0.869. The SMILES string of the molecule is CC(C)(C)NC(=O)NC(=O)CSC1=Nc2ccccc2CS1. The summed E-state index contributed by atoms with van der Waals surface area (Å²) in [7, 11) is 0. The van der Waals surface area contributed by atoms with Crippen molar-refractivity contribution in [2.75, 3.05) is 5.75 Å². The Morgan fingerprint density at radius 1 is 1.32 bits per heavy atom. The summed E-state index contributed by atoms with van der Waals surface area (Å²) in [6.45, 7) is 5.57. The molecule has 0 aromatic heterocycles. The van der Waals surface area contributed by atoms with E-state index in [1.807, 2.05) is 39.0 Å². The van der Waals surface area contributed by atoms with Crippen molar-refractivity contribution in [2.24, 2.45) is 4.99 Å². The summed E-state index contributed by atoms with van der Waals surface area (Å²) in [5.74, 6) is 0.702. The van der Waals surface area contributed by atoms with Crippen LogP contribution in [0.2, 0.25) is 0 Å². The van der Waals surface area contributed by atoms with Crippen LogP contribution in [-0.4, -0.2) is 27.6 Å². The number of imide groups is 1. The summed E-state index contributed by atoms with van der Waals surface area (Å²) in [4.78, 5) is 27.9. The highest BCUT2D eigenvalue weighted by molar-refractivity contribution is 8.38. The van der Waals surface area contributed by atoms with Crippen molar-refractivity contribution in [1.29, 1.82) is 0 Å². The average Bonchev–Trinajstić information content (AvgIpc) is 2.42. The van der Waals surface area contributed by atoms with E-state index < -0.39 is 6.03 Å². The van der Waals surface area contributed by atoms with Gasteiger partial charge in [-0.2, -0.15) is 0 Å². The fourth-order valence-electron chi connectivity index (χ4n) is 1.75. The molecule has 118 valence electrons. The normalized spacial score (nSPS) is 13.9. The van der Waals surface area contributed by atoms with Crippen LogP contribution in [-0.2, 0) is 10.5 Å². The number of nitrogens with zero attached hydrogens (tertiary/aromatic N) is 1. The van der Waals surface area contributed by atoms with E-state index in [1.165, 1.54) is 17.3 Å². The monoisotopic (exact) mass is 337 g/mol.